The third-order valence-electron chi connectivity index (χ3n) is 4.47. The maximum absolute atomic E-state index is 12.3. The molecule has 1 aromatic rings. The molecular formula is C17H27N3O3S. The average molecular weight is 353 g/mol. The molecule has 24 heavy (non-hydrogen) atoms. The number of hydrogen-bond acceptors (Lipinski definition) is 4. The Balaban J connectivity index is 1.89. The quantitative estimate of drug-likeness (QED) is 0.818. The van der Waals surface area contributed by atoms with Crippen molar-refractivity contribution in [2.24, 2.45) is 5.92 Å². The van der Waals surface area contributed by atoms with E-state index in [4.69, 9.17) is 0 Å². The largest absolute Gasteiger partial charge is 0.352 e. The van der Waals surface area contributed by atoms with Crippen LogP contribution < -0.4 is 10.0 Å². The fraction of sp³-hybridized carbons (Fsp3) is 0.588. The smallest absolute Gasteiger partial charge is 0.251 e. The van der Waals surface area contributed by atoms with Crippen molar-refractivity contribution in [3.05, 3.63) is 29.3 Å². The molecule has 1 saturated heterocycles. The molecule has 1 heterocycles. The summed E-state index contributed by atoms with van der Waals surface area (Å²) in [5.74, 6) is 0.501. The number of aryl methyl sites for hydroxylation is 1. The van der Waals surface area contributed by atoms with Crippen molar-refractivity contribution in [3.8, 4) is 0 Å². The predicted octanol–water partition coefficient (Wildman–Crippen LogP) is 1.83. The zero-order chi connectivity index (χ0) is 17.7. The Hall–Kier alpha value is -1.60. The van der Waals surface area contributed by atoms with Crippen molar-refractivity contribution >= 4 is 21.6 Å². The minimum Gasteiger partial charge on any atom is -0.352 e. The van der Waals surface area contributed by atoms with Gasteiger partial charge in [0.25, 0.3) is 5.91 Å². The molecule has 1 fully saturated rings. The second-order valence-electron chi connectivity index (χ2n) is 6.70. The highest BCUT2D eigenvalue weighted by molar-refractivity contribution is 7.92. The predicted molar refractivity (Wildman–Crippen MR) is 96.8 cm³/mol. The van der Waals surface area contributed by atoms with Crippen LogP contribution in [0, 0.1) is 12.8 Å². The van der Waals surface area contributed by atoms with E-state index in [0.29, 0.717) is 23.7 Å². The van der Waals surface area contributed by atoms with Gasteiger partial charge >= 0.3 is 0 Å². The summed E-state index contributed by atoms with van der Waals surface area (Å²) >= 11 is 0. The highest BCUT2D eigenvalue weighted by Crippen LogP contribution is 2.20. The molecule has 1 aromatic carbocycles. The summed E-state index contributed by atoms with van der Waals surface area (Å²) in [4.78, 5) is 14.6. The zero-order valence-electron chi connectivity index (χ0n) is 14.6. The van der Waals surface area contributed by atoms with Gasteiger partial charge < -0.3 is 10.2 Å². The normalized spacial score (nSPS) is 16.8. The Kier molecular flexibility index (Phi) is 6.23. The van der Waals surface area contributed by atoms with Crippen LogP contribution in [0.25, 0.3) is 0 Å². The van der Waals surface area contributed by atoms with Crippen molar-refractivity contribution in [2.75, 3.05) is 37.7 Å². The number of benzene rings is 1. The minimum absolute atomic E-state index is 0.167. The van der Waals surface area contributed by atoms with Gasteiger partial charge in [-0.05, 0) is 69.9 Å². The maximum atomic E-state index is 12.3. The number of rotatable bonds is 6. The van der Waals surface area contributed by atoms with Crippen LogP contribution in [0.5, 0.6) is 0 Å². The molecule has 0 bridgehead atoms. The first-order valence-electron chi connectivity index (χ1n) is 8.30. The van der Waals surface area contributed by atoms with Crippen LogP contribution >= 0.6 is 0 Å². The molecule has 0 radical (unpaired) electrons. The van der Waals surface area contributed by atoms with E-state index in [2.05, 4.69) is 22.0 Å². The number of hydrogen-bond donors (Lipinski definition) is 2. The fourth-order valence-electron chi connectivity index (χ4n) is 2.92. The van der Waals surface area contributed by atoms with E-state index in [1.165, 1.54) is 12.8 Å². The topological polar surface area (TPSA) is 78.5 Å². The molecule has 0 saturated carbocycles. The summed E-state index contributed by atoms with van der Waals surface area (Å²) < 4.78 is 25.2. The van der Waals surface area contributed by atoms with E-state index in [-0.39, 0.29) is 5.91 Å². The SMILES string of the molecule is Cc1ccc(C(=O)NCCC2CCN(C)CC2)cc1NS(C)(=O)=O. The highest BCUT2D eigenvalue weighted by Gasteiger charge is 2.17. The Bertz CT molecular complexity index is 680. The van der Waals surface area contributed by atoms with E-state index in [1.807, 2.05) is 0 Å². The van der Waals surface area contributed by atoms with Crippen LogP contribution in [0.3, 0.4) is 0 Å². The molecule has 0 aliphatic carbocycles. The van der Waals surface area contributed by atoms with Crippen LogP contribution in [-0.4, -0.2) is 52.2 Å². The molecule has 1 aliphatic heterocycles. The van der Waals surface area contributed by atoms with Crippen LogP contribution in [0.15, 0.2) is 18.2 Å². The van der Waals surface area contributed by atoms with Gasteiger partial charge in [0, 0.05) is 12.1 Å². The van der Waals surface area contributed by atoms with Gasteiger partial charge in [0.2, 0.25) is 10.0 Å². The number of amides is 1. The number of anilines is 1. The lowest BCUT2D eigenvalue weighted by molar-refractivity contribution is 0.0949. The van der Waals surface area contributed by atoms with Gasteiger partial charge in [-0.3, -0.25) is 9.52 Å². The van der Waals surface area contributed by atoms with Crippen molar-refractivity contribution in [1.29, 1.82) is 0 Å². The van der Waals surface area contributed by atoms with Crippen LogP contribution in [0.2, 0.25) is 0 Å². The van der Waals surface area contributed by atoms with Gasteiger partial charge in [-0.15, -0.1) is 0 Å². The summed E-state index contributed by atoms with van der Waals surface area (Å²) in [7, 11) is -1.23. The first-order chi connectivity index (χ1) is 11.2. The monoisotopic (exact) mass is 353 g/mol. The molecule has 0 unspecified atom stereocenters. The number of piperidine rings is 1. The van der Waals surface area contributed by atoms with Crippen LogP contribution in [0.1, 0.15) is 35.2 Å². The average Bonchev–Trinajstić information content (AvgIpc) is 2.50. The molecule has 2 N–H and O–H groups in total. The third-order valence-corrected chi connectivity index (χ3v) is 5.06. The van der Waals surface area contributed by atoms with E-state index < -0.39 is 10.0 Å². The van der Waals surface area contributed by atoms with Gasteiger partial charge in [-0.1, -0.05) is 6.07 Å². The standard InChI is InChI=1S/C17H27N3O3S/c1-13-4-5-15(12-16(13)19-24(3,22)23)17(21)18-9-6-14-7-10-20(2)11-8-14/h4-5,12,14,19H,6-11H2,1-3H3,(H,18,21). The van der Waals surface area contributed by atoms with E-state index >= 15 is 0 Å². The first-order valence-corrected chi connectivity index (χ1v) is 10.2. The number of likely N-dealkylation sites (tertiary alicyclic amines) is 1. The van der Waals surface area contributed by atoms with Crippen LogP contribution in [0.4, 0.5) is 5.69 Å². The minimum atomic E-state index is -3.36. The van der Waals surface area contributed by atoms with Crippen molar-refractivity contribution in [2.45, 2.75) is 26.2 Å². The van der Waals surface area contributed by atoms with E-state index in [0.717, 1.165) is 31.3 Å². The Morgan fingerprint density at radius 3 is 2.58 bits per heavy atom. The van der Waals surface area contributed by atoms with Crippen molar-refractivity contribution in [1.82, 2.24) is 10.2 Å². The molecular weight excluding hydrogens is 326 g/mol. The second-order valence-corrected chi connectivity index (χ2v) is 8.44. The van der Waals surface area contributed by atoms with Crippen molar-refractivity contribution in [3.63, 3.8) is 0 Å². The van der Waals surface area contributed by atoms with Gasteiger partial charge in [0.15, 0.2) is 0 Å². The van der Waals surface area contributed by atoms with Gasteiger partial charge in [-0.25, -0.2) is 8.42 Å². The first kappa shape index (κ1) is 18.7. The molecule has 134 valence electrons. The molecule has 6 nitrogen and oxygen atoms in total. The summed E-state index contributed by atoms with van der Waals surface area (Å²) in [6.07, 6.45) is 4.44. The number of sulfonamides is 1. The molecule has 0 aromatic heterocycles. The second kappa shape index (κ2) is 7.98. The van der Waals surface area contributed by atoms with Crippen LogP contribution in [-0.2, 0) is 10.0 Å². The molecule has 1 amide bonds. The lowest BCUT2D eigenvalue weighted by Crippen LogP contribution is -2.32. The molecule has 0 spiro atoms. The Morgan fingerprint density at radius 1 is 1.29 bits per heavy atom. The third kappa shape index (κ3) is 5.79. The maximum Gasteiger partial charge on any atom is 0.251 e. The number of carbonyl (C=O) groups is 1. The van der Waals surface area contributed by atoms with E-state index in [9.17, 15) is 13.2 Å². The number of nitrogens with zero attached hydrogens (tertiary/aromatic N) is 1. The molecule has 2 rings (SSSR count). The number of nitrogens with one attached hydrogen (secondary N) is 2. The summed E-state index contributed by atoms with van der Waals surface area (Å²) in [5, 5.41) is 2.94. The lowest BCUT2D eigenvalue weighted by atomic mass is 9.94. The molecule has 7 heteroatoms. The fourth-order valence-corrected chi connectivity index (χ4v) is 3.53. The van der Waals surface area contributed by atoms with Crippen molar-refractivity contribution < 1.29 is 13.2 Å². The Labute approximate surface area is 144 Å². The van der Waals surface area contributed by atoms with Gasteiger partial charge in [0.05, 0.1) is 11.9 Å². The zero-order valence-corrected chi connectivity index (χ0v) is 15.4. The highest BCUT2D eigenvalue weighted by atomic mass is 32.2. The molecule has 0 atom stereocenters. The lowest BCUT2D eigenvalue weighted by Gasteiger charge is -2.28. The van der Waals surface area contributed by atoms with Gasteiger partial charge in [-0.2, -0.15) is 0 Å². The summed E-state index contributed by atoms with van der Waals surface area (Å²) in [5.41, 5.74) is 1.69. The number of carbonyl (C=O) groups excluding carboxylic acids is 1. The summed E-state index contributed by atoms with van der Waals surface area (Å²) in [6.45, 7) is 4.69. The molecule has 1 aliphatic rings. The summed E-state index contributed by atoms with van der Waals surface area (Å²) in [6, 6.07) is 5.05. The van der Waals surface area contributed by atoms with E-state index in [1.54, 1.807) is 25.1 Å². The van der Waals surface area contributed by atoms with Gasteiger partial charge in [0.1, 0.15) is 0 Å². The Morgan fingerprint density at radius 2 is 1.96 bits per heavy atom.